The van der Waals surface area contributed by atoms with E-state index in [1.165, 1.54) is 0 Å². The number of nitrogens with two attached hydrogens (primary N) is 1. The van der Waals surface area contributed by atoms with Crippen LogP contribution in [0, 0.1) is 6.92 Å². The van der Waals surface area contributed by atoms with Crippen molar-refractivity contribution in [1.29, 1.82) is 0 Å². The molecule has 1 aromatic heterocycles. The molecule has 7 heteroatoms. The molecular weight excluding hydrogens is 272 g/mol. The average molecular weight is 292 g/mol. The van der Waals surface area contributed by atoms with Gasteiger partial charge in [0.1, 0.15) is 5.76 Å². The Morgan fingerprint density at radius 3 is 2.67 bits per heavy atom. The summed E-state index contributed by atoms with van der Waals surface area (Å²) in [6.07, 6.45) is 2.31. The molecule has 0 saturated heterocycles. The molecule has 0 aromatic carbocycles. The van der Waals surface area contributed by atoms with Crippen LogP contribution in [0.2, 0.25) is 0 Å². The Kier molecular flexibility index (Phi) is 4.30. The predicted octanol–water partition coefficient (Wildman–Crippen LogP) is 1.43. The third-order valence-electron chi connectivity index (χ3n) is 3.25. The second-order valence-corrected chi connectivity index (χ2v) is 5.37. The zero-order valence-corrected chi connectivity index (χ0v) is 12.4. The van der Waals surface area contributed by atoms with E-state index in [2.05, 4.69) is 15.8 Å². The summed E-state index contributed by atoms with van der Waals surface area (Å²) in [5.74, 6) is 0.805. The molecule has 0 radical (unpaired) electrons. The fraction of sp³-hybridized carbons (Fsp3) is 0.500. The second-order valence-electron chi connectivity index (χ2n) is 5.37. The summed E-state index contributed by atoms with van der Waals surface area (Å²) in [4.78, 5) is 22.9. The Morgan fingerprint density at radius 1 is 1.33 bits per heavy atom. The molecule has 0 fully saturated rings. The van der Waals surface area contributed by atoms with Crippen LogP contribution >= 0.6 is 0 Å². The summed E-state index contributed by atoms with van der Waals surface area (Å²) < 4.78 is 5.70. The van der Waals surface area contributed by atoms with Crippen molar-refractivity contribution >= 4 is 17.6 Å². The third-order valence-corrected chi connectivity index (χ3v) is 3.25. The molecule has 0 unspecified atom stereocenters. The number of carbonyl (C=O) groups is 2. The molecule has 2 rings (SSSR count). The Balaban J connectivity index is 2.37. The van der Waals surface area contributed by atoms with Crippen molar-refractivity contribution in [3.8, 4) is 0 Å². The van der Waals surface area contributed by atoms with E-state index in [0.717, 1.165) is 29.7 Å². The lowest BCUT2D eigenvalue weighted by Crippen LogP contribution is -2.30. The van der Waals surface area contributed by atoms with Gasteiger partial charge >= 0.3 is 6.03 Å². The molecule has 114 valence electrons. The van der Waals surface area contributed by atoms with Gasteiger partial charge in [-0.1, -0.05) is 0 Å². The number of amides is 3. The highest BCUT2D eigenvalue weighted by molar-refractivity contribution is 6.06. The van der Waals surface area contributed by atoms with E-state index in [-0.39, 0.29) is 11.9 Å². The first kappa shape index (κ1) is 15.1. The lowest BCUT2D eigenvalue weighted by molar-refractivity contribution is 0.0912. The van der Waals surface area contributed by atoms with Gasteiger partial charge < -0.3 is 15.5 Å². The molecule has 0 atom stereocenters. The van der Waals surface area contributed by atoms with Gasteiger partial charge in [-0.2, -0.15) is 5.10 Å². The first-order valence-electron chi connectivity index (χ1n) is 6.95. The van der Waals surface area contributed by atoms with Crippen LogP contribution in [0.25, 0.3) is 0 Å². The molecule has 3 amide bonds. The summed E-state index contributed by atoms with van der Waals surface area (Å²) >= 11 is 0. The van der Waals surface area contributed by atoms with Crippen LogP contribution in [0.4, 0.5) is 4.79 Å². The maximum absolute atomic E-state index is 12.1. The standard InChI is InChI=1S/C14H20N4O3/c1-7(2)16-13(19)12-8(3)11-9(17-18-14(15)20)5-4-6-10(11)21-12/h7H,4-6H2,1-3H3,(H,16,19)(H3,15,18,20)/b17-9+. The smallest absolute Gasteiger partial charge is 0.332 e. The summed E-state index contributed by atoms with van der Waals surface area (Å²) in [5.41, 5.74) is 9.52. The molecule has 0 saturated carbocycles. The van der Waals surface area contributed by atoms with E-state index in [1.807, 2.05) is 20.8 Å². The van der Waals surface area contributed by atoms with Crippen LogP contribution in [0.3, 0.4) is 0 Å². The monoisotopic (exact) mass is 292 g/mol. The fourth-order valence-corrected chi connectivity index (χ4v) is 2.45. The molecule has 1 aromatic rings. The normalized spacial score (nSPS) is 15.9. The largest absolute Gasteiger partial charge is 0.455 e. The average Bonchev–Trinajstić information content (AvgIpc) is 2.74. The van der Waals surface area contributed by atoms with Crippen molar-refractivity contribution in [1.82, 2.24) is 10.7 Å². The number of hydrogen-bond acceptors (Lipinski definition) is 4. The zero-order chi connectivity index (χ0) is 15.6. The molecule has 7 nitrogen and oxygen atoms in total. The van der Waals surface area contributed by atoms with Gasteiger partial charge in [0, 0.05) is 23.6 Å². The van der Waals surface area contributed by atoms with Gasteiger partial charge in [-0.15, -0.1) is 0 Å². The van der Waals surface area contributed by atoms with Crippen LogP contribution in [0.15, 0.2) is 9.52 Å². The fourth-order valence-electron chi connectivity index (χ4n) is 2.45. The van der Waals surface area contributed by atoms with Gasteiger partial charge in [0.25, 0.3) is 5.91 Å². The number of aryl methyl sites for hydroxylation is 1. The summed E-state index contributed by atoms with van der Waals surface area (Å²) in [7, 11) is 0. The summed E-state index contributed by atoms with van der Waals surface area (Å²) in [5, 5.41) is 6.83. The Bertz CT molecular complexity index is 602. The minimum absolute atomic E-state index is 0.0312. The van der Waals surface area contributed by atoms with Gasteiger partial charge in [0.2, 0.25) is 0 Å². The summed E-state index contributed by atoms with van der Waals surface area (Å²) in [6, 6.07) is -0.683. The Morgan fingerprint density at radius 2 is 2.05 bits per heavy atom. The molecule has 4 N–H and O–H groups in total. The van der Waals surface area contributed by atoms with Crippen LogP contribution in [0.1, 0.15) is 54.1 Å². The third kappa shape index (κ3) is 3.24. The van der Waals surface area contributed by atoms with E-state index in [9.17, 15) is 9.59 Å². The van der Waals surface area contributed by atoms with Crippen molar-refractivity contribution < 1.29 is 14.0 Å². The zero-order valence-electron chi connectivity index (χ0n) is 12.4. The number of hydrazone groups is 1. The molecular formula is C14H20N4O3. The molecule has 21 heavy (non-hydrogen) atoms. The quantitative estimate of drug-likeness (QED) is 0.733. The van der Waals surface area contributed by atoms with Gasteiger partial charge in [-0.25, -0.2) is 10.2 Å². The number of hydrogen-bond donors (Lipinski definition) is 3. The topological polar surface area (TPSA) is 110 Å². The van der Waals surface area contributed by atoms with E-state index < -0.39 is 6.03 Å². The van der Waals surface area contributed by atoms with Crippen LogP contribution in [0.5, 0.6) is 0 Å². The van der Waals surface area contributed by atoms with Crippen LogP contribution < -0.4 is 16.5 Å². The number of primary amides is 1. The highest BCUT2D eigenvalue weighted by atomic mass is 16.4. The lowest BCUT2D eigenvalue weighted by Gasteiger charge is -2.13. The Hall–Kier alpha value is -2.31. The van der Waals surface area contributed by atoms with Crippen molar-refractivity contribution in [2.45, 2.75) is 46.1 Å². The van der Waals surface area contributed by atoms with Crippen molar-refractivity contribution in [2.75, 3.05) is 0 Å². The molecule has 1 aliphatic rings. The number of urea groups is 1. The first-order chi connectivity index (χ1) is 9.90. The molecule has 0 aliphatic heterocycles. The number of fused-ring (bicyclic) bond motifs is 1. The van der Waals surface area contributed by atoms with Gasteiger partial charge in [0.05, 0.1) is 5.71 Å². The van der Waals surface area contributed by atoms with E-state index in [1.54, 1.807) is 0 Å². The lowest BCUT2D eigenvalue weighted by atomic mass is 9.93. The van der Waals surface area contributed by atoms with E-state index >= 15 is 0 Å². The van der Waals surface area contributed by atoms with Gasteiger partial charge in [0.15, 0.2) is 5.76 Å². The number of furan rings is 1. The van der Waals surface area contributed by atoms with E-state index in [4.69, 9.17) is 10.2 Å². The number of nitrogens with one attached hydrogen (secondary N) is 2. The molecule has 0 spiro atoms. The number of nitrogens with zero attached hydrogens (tertiary/aromatic N) is 1. The minimum Gasteiger partial charge on any atom is -0.455 e. The summed E-state index contributed by atoms with van der Waals surface area (Å²) in [6.45, 7) is 5.60. The van der Waals surface area contributed by atoms with Crippen molar-refractivity contribution in [3.63, 3.8) is 0 Å². The van der Waals surface area contributed by atoms with Gasteiger partial charge in [-0.3, -0.25) is 4.79 Å². The molecule has 1 aliphatic carbocycles. The maximum atomic E-state index is 12.1. The molecule has 1 heterocycles. The maximum Gasteiger partial charge on any atom is 0.332 e. The van der Waals surface area contributed by atoms with Crippen molar-refractivity contribution in [2.24, 2.45) is 10.8 Å². The SMILES string of the molecule is Cc1c(C(=O)NC(C)C)oc2c1/C(=N/NC(N)=O)CCC2. The van der Waals surface area contributed by atoms with Crippen LogP contribution in [-0.4, -0.2) is 23.7 Å². The highest BCUT2D eigenvalue weighted by Gasteiger charge is 2.28. The first-order valence-corrected chi connectivity index (χ1v) is 6.95. The van der Waals surface area contributed by atoms with Gasteiger partial charge in [-0.05, 0) is 33.6 Å². The van der Waals surface area contributed by atoms with Crippen LogP contribution in [-0.2, 0) is 6.42 Å². The second kappa shape index (κ2) is 5.99. The Labute approximate surface area is 122 Å². The minimum atomic E-state index is -0.714. The highest BCUT2D eigenvalue weighted by Crippen LogP contribution is 2.29. The number of rotatable bonds is 3. The molecule has 0 bridgehead atoms. The number of carbonyl (C=O) groups excluding carboxylic acids is 2. The predicted molar refractivity (Wildman–Crippen MR) is 78.2 cm³/mol. The van der Waals surface area contributed by atoms with E-state index in [0.29, 0.717) is 17.9 Å². The van der Waals surface area contributed by atoms with Crippen molar-refractivity contribution in [3.05, 3.63) is 22.6 Å².